The van der Waals surface area contributed by atoms with Crippen LogP contribution < -0.4 is 5.32 Å². The van der Waals surface area contributed by atoms with Crippen LogP contribution in [0, 0.1) is 12.8 Å². The molecular weight excluding hydrogens is 458 g/mol. The second-order valence-electron chi connectivity index (χ2n) is 8.89. The van der Waals surface area contributed by atoms with Crippen LogP contribution in [-0.4, -0.2) is 55.6 Å². The fraction of sp³-hybridized carbons (Fsp3) is 0.500. The molecule has 3 heterocycles. The van der Waals surface area contributed by atoms with Crippen LogP contribution in [-0.2, 0) is 21.4 Å². The molecule has 2 fully saturated rings. The largest absolute Gasteiger partial charge is 0.352 e. The first-order chi connectivity index (χ1) is 15.8. The second-order valence-corrected chi connectivity index (χ2v) is 12.0. The molecule has 0 saturated carbocycles. The standard InChI is InChI=1S/C24H31N3O4S2/c1-18-5-7-19(8-6-18)16-25-23(28)20-9-13-27(14-10-20)33(30,31)22-15-21(17-32-22)24(29)26-11-3-2-4-12-26/h5-8,15,17,20H,2-4,9-14,16H2,1H3,(H,25,28). The van der Waals surface area contributed by atoms with E-state index in [2.05, 4.69) is 5.32 Å². The molecule has 4 rings (SSSR count). The Kier molecular flexibility index (Phi) is 7.51. The Labute approximate surface area is 199 Å². The van der Waals surface area contributed by atoms with Crippen molar-refractivity contribution in [1.82, 2.24) is 14.5 Å². The van der Waals surface area contributed by atoms with E-state index in [-0.39, 0.29) is 21.9 Å². The van der Waals surface area contributed by atoms with Crippen LogP contribution >= 0.6 is 11.3 Å². The maximum absolute atomic E-state index is 13.1. The molecule has 2 aromatic rings. The Balaban J connectivity index is 1.31. The van der Waals surface area contributed by atoms with Gasteiger partial charge >= 0.3 is 0 Å². The van der Waals surface area contributed by atoms with Crippen LogP contribution in [0.2, 0.25) is 0 Å². The lowest BCUT2D eigenvalue weighted by Crippen LogP contribution is -2.42. The molecule has 2 aliphatic heterocycles. The lowest BCUT2D eigenvalue weighted by molar-refractivity contribution is -0.126. The van der Waals surface area contributed by atoms with Crippen molar-refractivity contribution < 1.29 is 18.0 Å². The van der Waals surface area contributed by atoms with Crippen LogP contribution in [0.3, 0.4) is 0 Å². The zero-order valence-corrected chi connectivity index (χ0v) is 20.6. The first kappa shape index (κ1) is 23.9. The Hall–Kier alpha value is -2.23. The van der Waals surface area contributed by atoms with E-state index in [4.69, 9.17) is 0 Å². The van der Waals surface area contributed by atoms with Crippen molar-refractivity contribution in [3.05, 3.63) is 52.4 Å². The summed E-state index contributed by atoms with van der Waals surface area (Å²) in [5, 5.41) is 4.62. The van der Waals surface area contributed by atoms with Crippen LogP contribution in [0.1, 0.15) is 53.6 Å². The minimum Gasteiger partial charge on any atom is -0.352 e. The molecule has 0 spiro atoms. The van der Waals surface area contributed by atoms with Crippen molar-refractivity contribution in [3.8, 4) is 0 Å². The maximum atomic E-state index is 13.1. The predicted octanol–water partition coefficient (Wildman–Crippen LogP) is 3.40. The number of hydrogen-bond donors (Lipinski definition) is 1. The highest BCUT2D eigenvalue weighted by molar-refractivity contribution is 7.91. The molecule has 0 aliphatic carbocycles. The maximum Gasteiger partial charge on any atom is 0.254 e. The minimum atomic E-state index is -3.66. The number of nitrogens with one attached hydrogen (secondary N) is 1. The van der Waals surface area contributed by atoms with Gasteiger partial charge in [0.2, 0.25) is 5.91 Å². The molecule has 0 bridgehead atoms. The number of nitrogens with zero attached hydrogens (tertiary/aromatic N) is 2. The summed E-state index contributed by atoms with van der Waals surface area (Å²) in [4.78, 5) is 27.1. The summed E-state index contributed by atoms with van der Waals surface area (Å²) in [5.74, 6) is -0.309. The molecule has 0 radical (unpaired) electrons. The van der Waals surface area contributed by atoms with E-state index in [1.165, 1.54) is 15.9 Å². The van der Waals surface area contributed by atoms with Crippen LogP contribution in [0.25, 0.3) is 0 Å². The lowest BCUT2D eigenvalue weighted by Gasteiger charge is -2.30. The van der Waals surface area contributed by atoms with E-state index in [9.17, 15) is 18.0 Å². The van der Waals surface area contributed by atoms with Crippen LogP contribution in [0.15, 0.2) is 39.9 Å². The SMILES string of the molecule is Cc1ccc(CNC(=O)C2CCN(S(=O)(=O)c3cc(C(=O)N4CCCCC4)cs3)CC2)cc1. The first-order valence-electron chi connectivity index (χ1n) is 11.6. The van der Waals surface area contributed by atoms with Crippen molar-refractivity contribution in [3.63, 3.8) is 0 Å². The van der Waals surface area contributed by atoms with Gasteiger partial charge in [-0.3, -0.25) is 9.59 Å². The third-order valence-electron chi connectivity index (χ3n) is 6.47. The van der Waals surface area contributed by atoms with Crippen LogP contribution in [0.5, 0.6) is 0 Å². The quantitative estimate of drug-likeness (QED) is 0.674. The molecule has 1 N–H and O–H groups in total. The molecule has 2 saturated heterocycles. The zero-order chi connectivity index (χ0) is 23.4. The molecule has 7 nitrogen and oxygen atoms in total. The van der Waals surface area contributed by atoms with Gasteiger partial charge in [0.15, 0.2) is 0 Å². The monoisotopic (exact) mass is 489 g/mol. The minimum absolute atomic E-state index is 0.0295. The van der Waals surface area contributed by atoms with Crippen LogP contribution in [0.4, 0.5) is 0 Å². The number of rotatable bonds is 6. The molecule has 0 atom stereocenters. The highest BCUT2D eigenvalue weighted by Crippen LogP contribution is 2.29. The topological polar surface area (TPSA) is 86.8 Å². The van der Waals surface area contributed by atoms with Crippen molar-refractivity contribution in [2.24, 2.45) is 5.92 Å². The van der Waals surface area contributed by atoms with E-state index < -0.39 is 10.0 Å². The molecule has 1 aromatic heterocycles. The fourth-order valence-electron chi connectivity index (χ4n) is 4.37. The molecule has 2 aliphatic rings. The third-order valence-corrected chi connectivity index (χ3v) is 9.79. The summed E-state index contributed by atoms with van der Waals surface area (Å²) in [7, 11) is -3.66. The Morgan fingerprint density at radius 2 is 1.70 bits per heavy atom. The summed E-state index contributed by atoms with van der Waals surface area (Å²) in [6.07, 6.45) is 4.10. The van der Waals surface area contributed by atoms with E-state index in [0.717, 1.165) is 49.3 Å². The lowest BCUT2D eigenvalue weighted by atomic mass is 9.97. The van der Waals surface area contributed by atoms with Gasteiger partial charge in [0.1, 0.15) is 4.21 Å². The van der Waals surface area contributed by atoms with E-state index in [0.29, 0.717) is 38.0 Å². The Morgan fingerprint density at radius 3 is 2.36 bits per heavy atom. The van der Waals surface area contributed by atoms with Gasteiger partial charge in [-0.2, -0.15) is 4.31 Å². The van der Waals surface area contributed by atoms with Gasteiger partial charge in [0.05, 0.1) is 5.56 Å². The second kappa shape index (κ2) is 10.4. The molecule has 2 amide bonds. The van der Waals surface area contributed by atoms with Gasteiger partial charge in [-0.1, -0.05) is 29.8 Å². The third kappa shape index (κ3) is 5.65. The average molecular weight is 490 g/mol. The van der Waals surface area contributed by atoms with E-state index in [1.807, 2.05) is 36.1 Å². The summed E-state index contributed by atoms with van der Waals surface area (Å²) < 4.78 is 27.9. The number of carbonyl (C=O) groups is 2. The van der Waals surface area contributed by atoms with E-state index in [1.54, 1.807) is 5.38 Å². The number of piperidine rings is 2. The van der Waals surface area contributed by atoms with Gasteiger partial charge in [-0.25, -0.2) is 8.42 Å². The number of amides is 2. The number of carbonyl (C=O) groups excluding carboxylic acids is 2. The number of likely N-dealkylation sites (tertiary alicyclic amines) is 1. The zero-order valence-electron chi connectivity index (χ0n) is 19.0. The number of hydrogen-bond acceptors (Lipinski definition) is 5. The molecule has 0 unspecified atom stereocenters. The Bertz CT molecular complexity index is 1080. The van der Waals surface area contributed by atoms with Gasteiger partial charge < -0.3 is 10.2 Å². The fourth-order valence-corrected chi connectivity index (χ4v) is 7.14. The molecule has 33 heavy (non-hydrogen) atoms. The average Bonchev–Trinajstić information content (AvgIpc) is 3.35. The van der Waals surface area contributed by atoms with Crippen molar-refractivity contribution in [2.75, 3.05) is 26.2 Å². The highest BCUT2D eigenvalue weighted by atomic mass is 32.2. The first-order valence-corrected chi connectivity index (χ1v) is 13.9. The normalized spacial score (nSPS) is 18.3. The van der Waals surface area contributed by atoms with Crippen molar-refractivity contribution in [2.45, 2.75) is 49.8 Å². The summed E-state index contributed by atoms with van der Waals surface area (Å²) in [6, 6.07) is 9.53. The van der Waals surface area contributed by atoms with Gasteiger partial charge in [0.25, 0.3) is 15.9 Å². The smallest absolute Gasteiger partial charge is 0.254 e. The van der Waals surface area contributed by atoms with Crippen molar-refractivity contribution in [1.29, 1.82) is 0 Å². The molecule has 9 heteroatoms. The summed E-state index contributed by atoms with van der Waals surface area (Å²) in [6.45, 7) is 4.57. The van der Waals surface area contributed by atoms with Gasteiger partial charge in [-0.15, -0.1) is 11.3 Å². The molecular formula is C24H31N3O4S2. The number of aryl methyl sites for hydroxylation is 1. The number of benzene rings is 1. The van der Waals surface area contributed by atoms with Crippen molar-refractivity contribution >= 4 is 33.2 Å². The Morgan fingerprint density at radius 1 is 1.03 bits per heavy atom. The summed E-state index contributed by atoms with van der Waals surface area (Å²) >= 11 is 1.10. The van der Waals surface area contributed by atoms with E-state index >= 15 is 0 Å². The highest BCUT2D eigenvalue weighted by Gasteiger charge is 2.33. The summed E-state index contributed by atoms with van der Waals surface area (Å²) in [5.41, 5.74) is 2.67. The van der Waals surface area contributed by atoms with Gasteiger partial charge in [-0.05, 0) is 50.7 Å². The molecule has 178 valence electrons. The number of sulfonamides is 1. The molecule has 1 aromatic carbocycles. The van der Waals surface area contributed by atoms with Gasteiger partial charge in [0, 0.05) is 44.0 Å². The predicted molar refractivity (Wildman–Crippen MR) is 129 cm³/mol. The number of thiophene rings is 1.